The summed E-state index contributed by atoms with van der Waals surface area (Å²) in [7, 11) is 3.59. The summed E-state index contributed by atoms with van der Waals surface area (Å²) < 4.78 is 8.97. The third kappa shape index (κ3) is 3.22. The van der Waals surface area contributed by atoms with Gasteiger partial charge in [0.1, 0.15) is 23.5 Å². The number of fused-ring (bicyclic) bond motifs is 2. The molecule has 0 unspecified atom stereocenters. The number of benzene rings is 1. The SMILES string of the molecule is C=CC(=O)N1CC[C@H](n2cc(-c3cc4cc(C)cc(OC)c4s3)c3c(NC)ncnc32)C1. The minimum atomic E-state index is -0.0262. The van der Waals surface area contributed by atoms with Gasteiger partial charge in [-0.3, -0.25) is 4.79 Å². The number of carbonyl (C=O) groups is 1. The van der Waals surface area contributed by atoms with Crippen molar-refractivity contribution in [2.45, 2.75) is 19.4 Å². The molecule has 1 saturated heterocycles. The van der Waals surface area contributed by atoms with Gasteiger partial charge in [0.15, 0.2) is 0 Å². The normalized spacial score (nSPS) is 16.1. The van der Waals surface area contributed by atoms with Crippen LogP contribution in [0.3, 0.4) is 0 Å². The minimum absolute atomic E-state index is 0.0262. The maximum absolute atomic E-state index is 12.1. The highest BCUT2D eigenvalue weighted by Crippen LogP contribution is 2.44. The highest BCUT2D eigenvalue weighted by molar-refractivity contribution is 7.22. The molecule has 1 atom stereocenters. The zero-order valence-electron chi connectivity index (χ0n) is 18.4. The second-order valence-corrected chi connectivity index (χ2v) is 9.10. The Morgan fingerprint density at radius 1 is 1.34 bits per heavy atom. The van der Waals surface area contributed by atoms with Crippen molar-refractivity contribution in [3.63, 3.8) is 0 Å². The number of nitrogens with zero attached hydrogens (tertiary/aromatic N) is 4. The van der Waals surface area contributed by atoms with Gasteiger partial charge in [0.2, 0.25) is 5.91 Å². The molecule has 5 rings (SSSR count). The Kier molecular flexibility index (Phi) is 5.09. The lowest BCUT2D eigenvalue weighted by molar-refractivity contribution is -0.125. The molecular weight excluding hydrogens is 422 g/mol. The van der Waals surface area contributed by atoms with Crippen LogP contribution in [0.5, 0.6) is 5.75 Å². The molecule has 3 aromatic heterocycles. The number of methoxy groups -OCH3 is 1. The molecule has 8 heteroatoms. The first-order valence-electron chi connectivity index (χ1n) is 10.6. The topological polar surface area (TPSA) is 72.3 Å². The molecule has 0 radical (unpaired) electrons. The molecule has 0 spiro atoms. The van der Waals surface area contributed by atoms with E-state index in [2.05, 4.69) is 57.8 Å². The minimum Gasteiger partial charge on any atom is -0.495 e. The molecule has 164 valence electrons. The van der Waals surface area contributed by atoms with E-state index in [1.807, 2.05) is 11.9 Å². The first kappa shape index (κ1) is 20.5. The summed E-state index contributed by atoms with van der Waals surface area (Å²) >= 11 is 1.71. The molecule has 4 aromatic rings. The number of likely N-dealkylation sites (tertiary alicyclic amines) is 1. The number of carbonyl (C=O) groups excluding carboxylic acids is 1. The zero-order chi connectivity index (χ0) is 22.4. The van der Waals surface area contributed by atoms with E-state index in [4.69, 9.17) is 4.74 Å². The van der Waals surface area contributed by atoms with Crippen molar-refractivity contribution in [3.8, 4) is 16.2 Å². The molecule has 0 saturated carbocycles. The molecule has 32 heavy (non-hydrogen) atoms. The van der Waals surface area contributed by atoms with E-state index in [1.54, 1.807) is 24.8 Å². The zero-order valence-corrected chi connectivity index (χ0v) is 19.2. The average molecular weight is 448 g/mol. The molecule has 1 amide bonds. The Morgan fingerprint density at radius 2 is 2.19 bits per heavy atom. The molecule has 1 aromatic carbocycles. The van der Waals surface area contributed by atoms with Crippen LogP contribution < -0.4 is 10.1 Å². The number of rotatable bonds is 5. The predicted molar refractivity (Wildman–Crippen MR) is 130 cm³/mol. The summed E-state index contributed by atoms with van der Waals surface area (Å²) in [5.74, 6) is 1.66. The first-order valence-corrected chi connectivity index (χ1v) is 11.4. The Bertz CT molecular complexity index is 1360. The number of aryl methyl sites for hydroxylation is 1. The van der Waals surface area contributed by atoms with Crippen LogP contribution in [-0.4, -0.2) is 52.6 Å². The highest BCUT2D eigenvalue weighted by Gasteiger charge is 2.29. The quantitative estimate of drug-likeness (QED) is 0.452. The number of amides is 1. The Morgan fingerprint density at radius 3 is 2.94 bits per heavy atom. The molecule has 1 aliphatic rings. The van der Waals surface area contributed by atoms with Crippen LogP contribution in [0.15, 0.2) is 43.4 Å². The standard InChI is InChI=1S/C24H25N5O2S/c1-5-20(30)28-7-6-16(11-28)29-12-17(21-23(25-3)26-13-27-24(21)29)19-10-15-8-14(2)9-18(31-4)22(15)32-19/h5,8-10,12-13,16H,1,6-7,11H2,2-4H3,(H,25,26,27)/t16-/m0/s1. The fourth-order valence-corrected chi connectivity index (χ4v) is 5.74. The summed E-state index contributed by atoms with van der Waals surface area (Å²) in [5, 5.41) is 5.38. The third-order valence-electron chi connectivity index (χ3n) is 6.10. The second kappa shape index (κ2) is 7.94. The first-order chi connectivity index (χ1) is 15.5. The van der Waals surface area contributed by atoms with Crippen molar-refractivity contribution in [1.82, 2.24) is 19.4 Å². The predicted octanol–water partition coefficient (Wildman–Crippen LogP) is 4.63. The van der Waals surface area contributed by atoms with Crippen LogP contribution in [0.1, 0.15) is 18.0 Å². The summed E-state index contributed by atoms with van der Waals surface area (Å²) in [5.41, 5.74) is 3.12. The van der Waals surface area contributed by atoms with Gasteiger partial charge in [-0.15, -0.1) is 11.3 Å². The van der Waals surface area contributed by atoms with Crippen LogP contribution in [0, 0.1) is 6.92 Å². The van der Waals surface area contributed by atoms with Gasteiger partial charge >= 0.3 is 0 Å². The van der Waals surface area contributed by atoms with E-state index in [0.717, 1.165) is 49.5 Å². The Labute approximate surface area is 190 Å². The van der Waals surface area contributed by atoms with Crippen LogP contribution >= 0.6 is 11.3 Å². The van der Waals surface area contributed by atoms with Crippen molar-refractivity contribution in [2.75, 3.05) is 32.6 Å². The van der Waals surface area contributed by atoms with Gasteiger partial charge in [0.05, 0.1) is 23.2 Å². The number of thiophene rings is 1. The summed E-state index contributed by atoms with van der Waals surface area (Å²) in [6, 6.07) is 6.62. The van der Waals surface area contributed by atoms with Crippen molar-refractivity contribution < 1.29 is 9.53 Å². The molecule has 1 fully saturated rings. The van der Waals surface area contributed by atoms with E-state index < -0.39 is 0 Å². The number of hydrogen-bond donors (Lipinski definition) is 1. The van der Waals surface area contributed by atoms with E-state index >= 15 is 0 Å². The highest BCUT2D eigenvalue weighted by atomic mass is 32.1. The maximum Gasteiger partial charge on any atom is 0.246 e. The van der Waals surface area contributed by atoms with Gasteiger partial charge in [-0.05, 0) is 42.5 Å². The summed E-state index contributed by atoms with van der Waals surface area (Å²) in [6.45, 7) is 7.06. The van der Waals surface area contributed by atoms with Crippen LogP contribution in [0.2, 0.25) is 0 Å². The number of aromatic nitrogens is 3. The van der Waals surface area contributed by atoms with Gasteiger partial charge in [-0.1, -0.05) is 12.6 Å². The molecule has 4 heterocycles. The number of anilines is 1. The molecule has 0 aliphatic carbocycles. The van der Waals surface area contributed by atoms with Gasteiger partial charge in [0, 0.05) is 36.8 Å². The number of ether oxygens (including phenoxy) is 1. The largest absolute Gasteiger partial charge is 0.495 e. The fraction of sp³-hybridized carbons (Fsp3) is 0.292. The van der Waals surface area contributed by atoms with E-state index in [1.165, 1.54) is 11.6 Å². The number of nitrogens with one attached hydrogen (secondary N) is 1. The second-order valence-electron chi connectivity index (χ2n) is 8.05. The van der Waals surface area contributed by atoms with Gasteiger partial charge in [0.25, 0.3) is 0 Å². The molecule has 1 aliphatic heterocycles. The average Bonchev–Trinajstić information content (AvgIpc) is 3.53. The Hall–Kier alpha value is -3.39. The van der Waals surface area contributed by atoms with Crippen molar-refractivity contribution in [1.29, 1.82) is 0 Å². The van der Waals surface area contributed by atoms with Crippen molar-refractivity contribution in [3.05, 3.63) is 48.9 Å². The molecular formula is C24H25N5O2S. The third-order valence-corrected chi connectivity index (χ3v) is 7.30. The number of hydrogen-bond acceptors (Lipinski definition) is 6. The van der Waals surface area contributed by atoms with E-state index in [9.17, 15) is 4.79 Å². The summed E-state index contributed by atoms with van der Waals surface area (Å²) in [6.07, 6.45) is 6.01. The van der Waals surface area contributed by atoms with Crippen LogP contribution in [0.4, 0.5) is 5.82 Å². The maximum atomic E-state index is 12.1. The Balaban J connectivity index is 1.68. The molecule has 7 nitrogen and oxygen atoms in total. The van der Waals surface area contributed by atoms with Crippen molar-refractivity contribution in [2.24, 2.45) is 0 Å². The smallest absolute Gasteiger partial charge is 0.246 e. The van der Waals surface area contributed by atoms with Crippen LogP contribution in [0.25, 0.3) is 31.6 Å². The van der Waals surface area contributed by atoms with E-state index in [0.29, 0.717) is 13.1 Å². The molecule has 1 N–H and O–H groups in total. The fourth-order valence-electron chi connectivity index (χ4n) is 4.59. The van der Waals surface area contributed by atoms with Gasteiger partial charge < -0.3 is 19.5 Å². The van der Waals surface area contributed by atoms with Gasteiger partial charge in [-0.25, -0.2) is 9.97 Å². The lowest BCUT2D eigenvalue weighted by atomic mass is 10.1. The monoisotopic (exact) mass is 447 g/mol. The van der Waals surface area contributed by atoms with E-state index in [-0.39, 0.29) is 11.9 Å². The lowest BCUT2D eigenvalue weighted by Gasteiger charge is -2.16. The molecule has 0 bridgehead atoms. The summed E-state index contributed by atoms with van der Waals surface area (Å²) in [4.78, 5) is 24.2. The van der Waals surface area contributed by atoms with Gasteiger partial charge in [-0.2, -0.15) is 0 Å². The van der Waals surface area contributed by atoms with Crippen LogP contribution in [-0.2, 0) is 4.79 Å². The van der Waals surface area contributed by atoms with Crippen molar-refractivity contribution >= 4 is 44.2 Å². The lowest BCUT2D eigenvalue weighted by Crippen LogP contribution is -2.27.